The molecule has 0 radical (unpaired) electrons. The van der Waals surface area contributed by atoms with E-state index in [2.05, 4.69) is 29.1 Å². The first-order valence-corrected chi connectivity index (χ1v) is 12.0. The van der Waals surface area contributed by atoms with Crippen molar-refractivity contribution >= 4 is 22.8 Å². The molecule has 7 nitrogen and oxygen atoms in total. The molecule has 5 rings (SSSR count). The predicted octanol–water partition coefficient (Wildman–Crippen LogP) is 5.24. The molecule has 3 N–H and O–H groups in total. The zero-order valence-corrected chi connectivity index (χ0v) is 19.7. The summed E-state index contributed by atoms with van der Waals surface area (Å²) in [5.74, 6) is 0.681. The number of nitrogens with zero attached hydrogens (tertiary/aromatic N) is 4. The van der Waals surface area contributed by atoms with Gasteiger partial charge in [-0.15, -0.1) is 0 Å². The summed E-state index contributed by atoms with van der Waals surface area (Å²) in [7, 11) is 0. The first-order chi connectivity index (χ1) is 16.5. The van der Waals surface area contributed by atoms with Crippen molar-refractivity contribution in [3.63, 3.8) is 0 Å². The van der Waals surface area contributed by atoms with Crippen LogP contribution in [0, 0.1) is 0 Å². The van der Waals surface area contributed by atoms with Crippen LogP contribution < -0.4 is 11.1 Å². The molecule has 0 bridgehead atoms. The minimum atomic E-state index is -0.0559. The molecule has 0 aliphatic heterocycles. The van der Waals surface area contributed by atoms with Gasteiger partial charge in [0.2, 0.25) is 0 Å². The van der Waals surface area contributed by atoms with Gasteiger partial charge in [0.15, 0.2) is 5.65 Å². The van der Waals surface area contributed by atoms with Gasteiger partial charge in [-0.1, -0.05) is 69.2 Å². The predicted molar refractivity (Wildman–Crippen MR) is 134 cm³/mol. The number of rotatable bonds is 6. The molecule has 174 valence electrons. The first kappa shape index (κ1) is 22.1. The van der Waals surface area contributed by atoms with E-state index >= 15 is 0 Å². The Morgan fingerprint density at radius 3 is 2.56 bits per heavy atom. The lowest BCUT2D eigenvalue weighted by Crippen LogP contribution is -2.24. The van der Waals surface area contributed by atoms with Gasteiger partial charge in [-0.2, -0.15) is 5.10 Å². The van der Waals surface area contributed by atoms with Crippen LogP contribution in [0.15, 0.2) is 54.9 Å². The Balaban J connectivity index is 1.37. The lowest BCUT2D eigenvalue weighted by atomic mass is 9.97. The van der Waals surface area contributed by atoms with Crippen molar-refractivity contribution in [2.75, 3.05) is 5.73 Å². The van der Waals surface area contributed by atoms with E-state index in [9.17, 15) is 4.79 Å². The Kier molecular flexibility index (Phi) is 6.01. The number of nitrogens with two attached hydrogens (primary N) is 1. The monoisotopic (exact) mass is 454 g/mol. The number of hydrogen-bond acceptors (Lipinski definition) is 5. The van der Waals surface area contributed by atoms with Gasteiger partial charge < -0.3 is 11.1 Å². The number of aromatic nitrogens is 4. The zero-order valence-electron chi connectivity index (χ0n) is 19.7. The summed E-state index contributed by atoms with van der Waals surface area (Å²) in [6.45, 7) is 4.65. The van der Waals surface area contributed by atoms with Gasteiger partial charge in [0, 0.05) is 17.7 Å². The molecule has 2 heterocycles. The highest BCUT2D eigenvalue weighted by atomic mass is 16.1. The molecule has 1 amide bonds. The summed E-state index contributed by atoms with van der Waals surface area (Å²) >= 11 is 0. The molecule has 4 aromatic rings. The summed E-state index contributed by atoms with van der Waals surface area (Å²) < 4.78 is 2.04. The minimum Gasteiger partial charge on any atom is -0.383 e. The van der Waals surface area contributed by atoms with E-state index in [0.29, 0.717) is 18.4 Å². The van der Waals surface area contributed by atoms with Gasteiger partial charge in [-0.3, -0.25) is 4.79 Å². The summed E-state index contributed by atoms with van der Waals surface area (Å²) in [6.07, 6.45) is 6.16. The molecular weight excluding hydrogens is 424 g/mol. The Morgan fingerprint density at radius 1 is 1.09 bits per heavy atom. The minimum absolute atomic E-state index is 0.0559. The van der Waals surface area contributed by atoms with Crippen LogP contribution >= 0.6 is 0 Å². The number of nitrogens with one attached hydrogen (secondary N) is 1. The highest BCUT2D eigenvalue weighted by Crippen LogP contribution is 2.36. The smallest absolute Gasteiger partial charge is 0.251 e. The third kappa shape index (κ3) is 4.14. The summed E-state index contributed by atoms with van der Waals surface area (Å²) in [5.41, 5.74) is 11.6. The largest absolute Gasteiger partial charge is 0.383 e. The fourth-order valence-corrected chi connectivity index (χ4v) is 4.87. The highest BCUT2D eigenvalue weighted by Gasteiger charge is 2.24. The molecule has 1 aliphatic carbocycles. The average Bonchev–Trinajstić information content (AvgIpc) is 3.52. The Bertz CT molecular complexity index is 1320. The van der Waals surface area contributed by atoms with Gasteiger partial charge in [0.1, 0.15) is 17.8 Å². The van der Waals surface area contributed by atoms with E-state index in [0.717, 1.165) is 51.8 Å². The third-order valence-corrected chi connectivity index (χ3v) is 6.70. The van der Waals surface area contributed by atoms with Crippen molar-refractivity contribution < 1.29 is 4.79 Å². The van der Waals surface area contributed by atoms with E-state index in [-0.39, 0.29) is 11.8 Å². The maximum Gasteiger partial charge on any atom is 0.251 e. The fraction of sp³-hybridized carbons (Fsp3) is 0.333. The van der Waals surface area contributed by atoms with Crippen LogP contribution in [-0.2, 0) is 6.54 Å². The fourth-order valence-electron chi connectivity index (χ4n) is 4.87. The SMILES string of the molecule is CC(C)c1ccccc1C(=O)NCc1ccc(-c2nn(C3CCCC3)c3ncnc(N)c23)cc1. The van der Waals surface area contributed by atoms with Gasteiger partial charge in [-0.05, 0) is 36.0 Å². The number of hydrogen-bond donors (Lipinski definition) is 2. The van der Waals surface area contributed by atoms with E-state index in [1.54, 1.807) is 0 Å². The summed E-state index contributed by atoms with van der Waals surface area (Å²) in [6, 6.07) is 16.2. The number of carbonyl (C=O) groups is 1. The standard InChI is InChI=1S/C27H30N6O/c1-17(2)21-9-5-6-10-22(21)27(34)29-15-18-11-13-19(14-12-18)24-23-25(28)30-16-31-26(23)33(32-24)20-7-3-4-8-20/h5-6,9-14,16-17,20H,3-4,7-8,15H2,1-2H3,(H,29,34)(H2,28,30,31). The normalized spacial score (nSPS) is 14.2. The van der Waals surface area contributed by atoms with Gasteiger partial charge in [0.25, 0.3) is 5.91 Å². The lowest BCUT2D eigenvalue weighted by Gasteiger charge is -2.13. The number of fused-ring (bicyclic) bond motifs is 1. The second kappa shape index (κ2) is 9.25. The topological polar surface area (TPSA) is 98.7 Å². The van der Waals surface area contributed by atoms with Gasteiger partial charge in [-0.25, -0.2) is 14.6 Å². The molecule has 2 aromatic carbocycles. The van der Waals surface area contributed by atoms with Crippen molar-refractivity contribution in [3.05, 3.63) is 71.5 Å². The van der Waals surface area contributed by atoms with Crippen molar-refractivity contribution in [1.29, 1.82) is 0 Å². The van der Waals surface area contributed by atoms with E-state index in [4.69, 9.17) is 10.8 Å². The Hall–Kier alpha value is -3.74. The molecule has 34 heavy (non-hydrogen) atoms. The number of anilines is 1. The van der Waals surface area contributed by atoms with Gasteiger partial charge in [0.05, 0.1) is 11.4 Å². The number of amides is 1. The first-order valence-electron chi connectivity index (χ1n) is 12.0. The van der Waals surface area contributed by atoms with Crippen LogP contribution in [0.25, 0.3) is 22.3 Å². The molecule has 1 aliphatic rings. The van der Waals surface area contributed by atoms with Crippen LogP contribution in [-0.4, -0.2) is 25.7 Å². The molecule has 1 fully saturated rings. The van der Waals surface area contributed by atoms with Gasteiger partial charge >= 0.3 is 0 Å². The van der Waals surface area contributed by atoms with Crippen LogP contribution in [0.2, 0.25) is 0 Å². The zero-order chi connectivity index (χ0) is 23.7. The van der Waals surface area contributed by atoms with Crippen molar-refractivity contribution in [2.24, 2.45) is 0 Å². The molecule has 0 unspecified atom stereocenters. The average molecular weight is 455 g/mol. The molecule has 0 saturated heterocycles. The van der Waals surface area contributed by atoms with Crippen LogP contribution in [0.4, 0.5) is 5.82 Å². The number of benzene rings is 2. The molecular formula is C27H30N6O. The number of carbonyl (C=O) groups excluding carboxylic acids is 1. The molecule has 1 saturated carbocycles. The molecule has 7 heteroatoms. The maximum absolute atomic E-state index is 12.8. The molecule has 2 aromatic heterocycles. The quantitative estimate of drug-likeness (QED) is 0.415. The Morgan fingerprint density at radius 2 is 1.82 bits per heavy atom. The number of nitrogen functional groups attached to an aromatic ring is 1. The second-order valence-corrected chi connectivity index (χ2v) is 9.31. The van der Waals surface area contributed by atoms with Crippen molar-refractivity contribution in [1.82, 2.24) is 25.1 Å². The maximum atomic E-state index is 12.8. The summed E-state index contributed by atoms with van der Waals surface area (Å²) in [5, 5.41) is 8.79. The molecule has 0 atom stereocenters. The summed E-state index contributed by atoms with van der Waals surface area (Å²) in [4.78, 5) is 21.5. The van der Waals surface area contributed by atoms with Crippen LogP contribution in [0.5, 0.6) is 0 Å². The van der Waals surface area contributed by atoms with Crippen molar-refractivity contribution in [2.45, 2.75) is 58.0 Å². The Labute approximate surface area is 199 Å². The van der Waals surface area contributed by atoms with E-state index in [1.165, 1.54) is 19.2 Å². The van der Waals surface area contributed by atoms with E-state index in [1.807, 2.05) is 53.2 Å². The van der Waals surface area contributed by atoms with Crippen molar-refractivity contribution in [3.8, 4) is 11.3 Å². The third-order valence-electron chi connectivity index (χ3n) is 6.70. The van der Waals surface area contributed by atoms with Crippen LogP contribution in [0.3, 0.4) is 0 Å². The molecule has 0 spiro atoms. The van der Waals surface area contributed by atoms with Crippen LogP contribution in [0.1, 0.15) is 73.0 Å². The second-order valence-electron chi connectivity index (χ2n) is 9.31. The lowest BCUT2D eigenvalue weighted by molar-refractivity contribution is 0.0949. The van der Waals surface area contributed by atoms with E-state index < -0.39 is 0 Å². The highest BCUT2D eigenvalue weighted by molar-refractivity contribution is 5.98.